The average Bonchev–Trinajstić information content (AvgIpc) is 2.06. The van der Waals surface area contributed by atoms with Gasteiger partial charge in [-0.05, 0) is 60.9 Å². The van der Waals surface area contributed by atoms with Crippen molar-refractivity contribution in [1.82, 2.24) is 0 Å². The topological polar surface area (TPSA) is 26.0 Å². The number of hydrogen-bond donors (Lipinski definition) is 1. The van der Waals surface area contributed by atoms with Gasteiger partial charge in [0.1, 0.15) is 0 Å². The lowest BCUT2D eigenvalue weighted by atomic mass is 10.0. The Morgan fingerprint density at radius 1 is 1.46 bits per heavy atom. The Hall–Kier alpha value is -0.0900. The Bertz CT molecular complexity index is 281. The van der Waals surface area contributed by atoms with Crippen LogP contribution >= 0.6 is 22.6 Å². The zero-order chi connectivity index (χ0) is 9.84. The average molecular weight is 289 g/mol. The summed E-state index contributed by atoms with van der Waals surface area (Å²) >= 11 is 2.38. The Morgan fingerprint density at radius 3 is 2.77 bits per heavy atom. The molecule has 0 heterocycles. The SMILES string of the molecule is Cc1ccc(I)c(CC[C@H](C)N)c1. The quantitative estimate of drug-likeness (QED) is 0.851. The lowest BCUT2D eigenvalue weighted by Crippen LogP contribution is -2.15. The molecule has 1 nitrogen and oxygen atoms in total. The molecule has 0 unspecified atom stereocenters. The zero-order valence-corrected chi connectivity index (χ0v) is 10.3. The number of aryl methyl sites for hydroxylation is 2. The normalized spacial score (nSPS) is 12.9. The van der Waals surface area contributed by atoms with Crippen molar-refractivity contribution < 1.29 is 0 Å². The molecule has 0 aromatic heterocycles. The van der Waals surface area contributed by atoms with Gasteiger partial charge in [0.2, 0.25) is 0 Å². The highest BCUT2D eigenvalue weighted by molar-refractivity contribution is 14.1. The minimum atomic E-state index is 0.302. The van der Waals surface area contributed by atoms with Gasteiger partial charge in [-0.3, -0.25) is 0 Å². The van der Waals surface area contributed by atoms with Gasteiger partial charge < -0.3 is 5.73 Å². The van der Waals surface area contributed by atoms with Gasteiger partial charge in [0.15, 0.2) is 0 Å². The lowest BCUT2D eigenvalue weighted by Gasteiger charge is -2.07. The molecule has 0 saturated carbocycles. The monoisotopic (exact) mass is 289 g/mol. The van der Waals surface area contributed by atoms with Crippen molar-refractivity contribution in [2.24, 2.45) is 5.73 Å². The second kappa shape index (κ2) is 4.96. The third-order valence-electron chi connectivity index (χ3n) is 2.07. The Balaban J connectivity index is 2.70. The molecule has 0 aliphatic heterocycles. The lowest BCUT2D eigenvalue weighted by molar-refractivity contribution is 0.665. The van der Waals surface area contributed by atoms with Crippen molar-refractivity contribution in [3.63, 3.8) is 0 Å². The van der Waals surface area contributed by atoms with Crippen LogP contribution in [0.5, 0.6) is 0 Å². The molecule has 13 heavy (non-hydrogen) atoms. The number of benzene rings is 1. The maximum absolute atomic E-state index is 5.73. The summed E-state index contributed by atoms with van der Waals surface area (Å²) in [7, 11) is 0. The van der Waals surface area contributed by atoms with Crippen molar-refractivity contribution in [1.29, 1.82) is 0 Å². The largest absolute Gasteiger partial charge is 0.328 e. The Labute approximate surface area is 93.9 Å². The van der Waals surface area contributed by atoms with Gasteiger partial charge in [0, 0.05) is 9.61 Å². The van der Waals surface area contributed by atoms with Gasteiger partial charge in [0.05, 0.1) is 0 Å². The fourth-order valence-corrected chi connectivity index (χ4v) is 1.88. The Morgan fingerprint density at radius 2 is 2.15 bits per heavy atom. The maximum atomic E-state index is 5.73. The summed E-state index contributed by atoms with van der Waals surface area (Å²) in [6.45, 7) is 4.19. The van der Waals surface area contributed by atoms with E-state index in [0.717, 1.165) is 12.8 Å². The second-order valence-electron chi connectivity index (χ2n) is 3.61. The van der Waals surface area contributed by atoms with Crippen LogP contribution in [0.3, 0.4) is 0 Å². The molecule has 1 aromatic carbocycles. The van der Waals surface area contributed by atoms with E-state index >= 15 is 0 Å². The molecule has 0 fully saturated rings. The highest BCUT2D eigenvalue weighted by Gasteiger charge is 2.01. The minimum absolute atomic E-state index is 0.302. The zero-order valence-electron chi connectivity index (χ0n) is 8.18. The fraction of sp³-hybridized carbons (Fsp3) is 0.455. The van der Waals surface area contributed by atoms with Crippen LogP contribution in [0.15, 0.2) is 18.2 Å². The molecule has 2 N–H and O–H groups in total. The summed E-state index contributed by atoms with van der Waals surface area (Å²) in [5.74, 6) is 0. The molecule has 72 valence electrons. The van der Waals surface area contributed by atoms with Crippen molar-refractivity contribution >= 4 is 22.6 Å². The Kier molecular flexibility index (Phi) is 4.19. The van der Waals surface area contributed by atoms with E-state index in [-0.39, 0.29) is 0 Å². The van der Waals surface area contributed by atoms with Crippen LogP contribution in [-0.2, 0) is 6.42 Å². The first kappa shape index (κ1) is 11.0. The van der Waals surface area contributed by atoms with Gasteiger partial charge in [0.25, 0.3) is 0 Å². The first-order valence-electron chi connectivity index (χ1n) is 4.60. The van der Waals surface area contributed by atoms with Crippen LogP contribution in [0.25, 0.3) is 0 Å². The van der Waals surface area contributed by atoms with E-state index in [1.54, 1.807) is 0 Å². The number of nitrogens with two attached hydrogens (primary N) is 1. The molecule has 1 aromatic rings. The number of hydrogen-bond acceptors (Lipinski definition) is 1. The van der Waals surface area contributed by atoms with Gasteiger partial charge in [-0.1, -0.05) is 17.7 Å². The van der Waals surface area contributed by atoms with E-state index in [9.17, 15) is 0 Å². The predicted octanol–water partition coefficient (Wildman–Crippen LogP) is 2.88. The summed E-state index contributed by atoms with van der Waals surface area (Å²) in [6, 6.07) is 6.88. The molecule has 0 amide bonds. The molecule has 0 aliphatic rings. The molecule has 0 radical (unpaired) electrons. The maximum Gasteiger partial charge on any atom is 0.0162 e. The standard InChI is InChI=1S/C11H16IN/c1-8-3-6-11(12)10(7-8)5-4-9(2)13/h3,6-7,9H,4-5,13H2,1-2H3/t9-/m0/s1. The van der Waals surface area contributed by atoms with Gasteiger partial charge in [-0.25, -0.2) is 0 Å². The first-order valence-corrected chi connectivity index (χ1v) is 5.68. The van der Waals surface area contributed by atoms with E-state index < -0.39 is 0 Å². The van der Waals surface area contributed by atoms with Crippen LogP contribution in [0.2, 0.25) is 0 Å². The molecule has 1 rings (SSSR count). The summed E-state index contributed by atoms with van der Waals surface area (Å²) in [5, 5.41) is 0. The molecule has 2 heteroatoms. The first-order chi connectivity index (χ1) is 6.09. The van der Waals surface area contributed by atoms with E-state index in [4.69, 9.17) is 5.73 Å². The molecular formula is C11H16IN. The summed E-state index contributed by atoms with van der Waals surface area (Å²) < 4.78 is 1.35. The van der Waals surface area contributed by atoms with Crippen molar-refractivity contribution in [2.75, 3.05) is 0 Å². The molecule has 0 aliphatic carbocycles. The predicted molar refractivity (Wildman–Crippen MR) is 65.9 cm³/mol. The fourth-order valence-electron chi connectivity index (χ4n) is 1.28. The van der Waals surface area contributed by atoms with Crippen molar-refractivity contribution in [2.45, 2.75) is 32.7 Å². The van der Waals surface area contributed by atoms with E-state index in [1.807, 2.05) is 0 Å². The third-order valence-corrected chi connectivity index (χ3v) is 3.12. The van der Waals surface area contributed by atoms with Crippen LogP contribution in [-0.4, -0.2) is 6.04 Å². The van der Waals surface area contributed by atoms with E-state index in [1.165, 1.54) is 14.7 Å². The second-order valence-corrected chi connectivity index (χ2v) is 4.77. The minimum Gasteiger partial charge on any atom is -0.328 e. The number of rotatable bonds is 3. The smallest absolute Gasteiger partial charge is 0.0162 e. The molecule has 1 atom stereocenters. The van der Waals surface area contributed by atoms with Gasteiger partial charge >= 0.3 is 0 Å². The van der Waals surface area contributed by atoms with Gasteiger partial charge in [-0.2, -0.15) is 0 Å². The van der Waals surface area contributed by atoms with Crippen LogP contribution in [0, 0.1) is 10.5 Å². The molecule has 0 bridgehead atoms. The van der Waals surface area contributed by atoms with Crippen molar-refractivity contribution in [3.8, 4) is 0 Å². The summed E-state index contributed by atoms with van der Waals surface area (Å²) in [6.07, 6.45) is 2.16. The summed E-state index contributed by atoms with van der Waals surface area (Å²) in [4.78, 5) is 0. The third kappa shape index (κ3) is 3.65. The molecular weight excluding hydrogens is 273 g/mol. The van der Waals surface area contributed by atoms with Crippen molar-refractivity contribution in [3.05, 3.63) is 32.9 Å². The van der Waals surface area contributed by atoms with Gasteiger partial charge in [-0.15, -0.1) is 0 Å². The highest BCUT2D eigenvalue weighted by atomic mass is 127. The van der Waals surface area contributed by atoms with Crippen LogP contribution in [0.4, 0.5) is 0 Å². The molecule has 0 saturated heterocycles. The van der Waals surface area contributed by atoms with Crippen LogP contribution < -0.4 is 5.73 Å². The van der Waals surface area contributed by atoms with Crippen LogP contribution in [0.1, 0.15) is 24.5 Å². The number of halogens is 1. The highest BCUT2D eigenvalue weighted by Crippen LogP contribution is 2.16. The van der Waals surface area contributed by atoms with E-state index in [2.05, 4.69) is 54.6 Å². The van der Waals surface area contributed by atoms with E-state index in [0.29, 0.717) is 6.04 Å². The summed E-state index contributed by atoms with van der Waals surface area (Å²) in [5.41, 5.74) is 8.49. The molecule has 0 spiro atoms.